The molecule has 0 saturated heterocycles. The Balaban J connectivity index is 2.11. The van der Waals surface area contributed by atoms with Crippen LogP contribution in [0.4, 0.5) is 0 Å². The summed E-state index contributed by atoms with van der Waals surface area (Å²) >= 11 is 1.55. The number of nitrogens with one attached hydrogen (secondary N) is 1. The fourth-order valence-corrected chi connectivity index (χ4v) is 2.45. The second kappa shape index (κ2) is 8.93. The minimum atomic E-state index is -0.452. The van der Waals surface area contributed by atoms with E-state index in [1.165, 1.54) is 0 Å². The molecule has 1 aromatic heterocycles. The highest BCUT2D eigenvalue weighted by Crippen LogP contribution is 2.10. The van der Waals surface area contributed by atoms with Crippen molar-refractivity contribution in [1.82, 2.24) is 10.3 Å². The van der Waals surface area contributed by atoms with Crippen LogP contribution >= 0.6 is 11.8 Å². The summed E-state index contributed by atoms with van der Waals surface area (Å²) < 4.78 is 0. The van der Waals surface area contributed by atoms with E-state index >= 15 is 0 Å². The number of aromatic nitrogens is 1. The molecule has 1 atom stereocenters. The second-order valence-corrected chi connectivity index (χ2v) is 5.93. The molecule has 4 nitrogen and oxygen atoms in total. The van der Waals surface area contributed by atoms with Gasteiger partial charge in [0.1, 0.15) is 0 Å². The van der Waals surface area contributed by atoms with Crippen LogP contribution in [0.1, 0.15) is 25.8 Å². The molecule has 1 heterocycles. The lowest BCUT2D eigenvalue weighted by Crippen LogP contribution is -2.33. The van der Waals surface area contributed by atoms with E-state index in [-0.39, 0.29) is 5.91 Å². The van der Waals surface area contributed by atoms with Gasteiger partial charge in [-0.1, -0.05) is 19.9 Å². The third kappa shape index (κ3) is 7.85. The maximum absolute atomic E-state index is 11.6. The van der Waals surface area contributed by atoms with Crippen LogP contribution < -0.4 is 5.32 Å². The predicted molar refractivity (Wildman–Crippen MR) is 78.9 cm³/mol. The lowest BCUT2D eigenvalue weighted by molar-refractivity contribution is -0.119. The zero-order valence-electron chi connectivity index (χ0n) is 11.5. The Kier molecular flexibility index (Phi) is 7.52. The van der Waals surface area contributed by atoms with Gasteiger partial charge in [-0.05, 0) is 24.0 Å². The molecule has 19 heavy (non-hydrogen) atoms. The Bertz CT molecular complexity index is 371. The minimum absolute atomic E-state index is 0.0308. The van der Waals surface area contributed by atoms with Crippen molar-refractivity contribution in [2.45, 2.75) is 32.1 Å². The summed E-state index contributed by atoms with van der Waals surface area (Å²) in [5.41, 5.74) is 1.11. The molecule has 0 aromatic carbocycles. The molecule has 1 amide bonds. The molecule has 2 N–H and O–H groups in total. The maximum Gasteiger partial charge on any atom is 0.230 e. The smallest absolute Gasteiger partial charge is 0.230 e. The van der Waals surface area contributed by atoms with E-state index in [1.54, 1.807) is 24.2 Å². The first-order chi connectivity index (χ1) is 9.08. The lowest BCUT2D eigenvalue weighted by Gasteiger charge is -2.13. The largest absolute Gasteiger partial charge is 0.391 e. The van der Waals surface area contributed by atoms with Gasteiger partial charge in [-0.25, -0.2) is 0 Å². The average Bonchev–Trinajstić information content (AvgIpc) is 2.37. The number of hydrogen-bond donors (Lipinski definition) is 2. The molecule has 106 valence electrons. The van der Waals surface area contributed by atoms with Crippen molar-refractivity contribution in [3.63, 3.8) is 0 Å². The number of rotatable bonds is 8. The van der Waals surface area contributed by atoms with Crippen LogP contribution in [-0.2, 0) is 10.5 Å². The third-order valence-electron chi connectivity index (χ3n) is 2.50. The van der Waals surface area contributed by atoms with Crippen molar-refractivity contribution in [3.8, 4) is 0 Å². The SMILES string of the molecule is CC(C)CC(O)CNC(=O)CSCc1cccnc1. The van der Waals surface area contributed by atoms with Crippen molar-refractivity contribution in [1.29, 1.82) is 0 Å². The minimum Gasteiger partial charge on any atom is -0.391 e. The molecule has 1 rings (SSSR count). The maximum atomic E-state index is 11.6. The number of nitrogens with zero attached hydrogens (tertiary/aromatic N) is 1. The Morgan fingerprint density at radius 3 is 2.95 bits per heavy atom. The fourth-order valence-electron chi connectivity index (χ4n) is 1.66. The summed E-state index contributed by atoms with van der Waals surface area (Å²) in [5, 5.41) is 12.4. The van der Waals surface area contributed by atoms with Crippen LogP contribution in [0.2, 0.25) is 0 Å². The number of carbonyl (C=O) groups is 1. The van der Waals surface area contributed by atoms with Crippen LogP contribution in [0, 0.1) is 5.92 Å². The highest BCUT2D eigenvalue weighted by molar-refractivity contribution is 7.99. The molecule has 0 aliphatic heterocycles. The molecule has 1 unspecified atom stereocenters. The molecular formula is C14H22N2O2S. The van der Waals surface area contributed by atoms with Gasteiger partial charge in [0.05, 0.1) is 11.9 Å². The quantitative estimate of drug-likeness (QED) is 0.764. The Labute approximate surface area is 119 Å². The third-order valence-corrected chi connectivity index (χ3v) is 3.51. The zero-order chi connectivity index (χ0) is 14.1. The van der Waals surface area contributed by atoms with E-state index in [2.05, 4.69) is 24.1 Å². The van der Waals surface area contributed by atoms with Crippen molar-refractivity contribution < 1.29 is 9.90 Å². The summed E-state index contributed by atoms with van der Waals surface area (Å²) in [6.45, 7) is 4.44. The van der Waals surface area contributed by atoms with E-state index < -0.39 is 6.10 Å². The van der Waals surface area contributed by atoms with Gasteiger partial charge in [0.2, 0.25) is 5.91 Å². The number of aliphatic hydroxyl groups is 1. The summed E-state index contributed by atoms with van der Waals surface area (Å²) in [7, 11) is 0. The monoisotopic (exact) mass is 282 g/mol. The van der Waals surface area contributed by atoms with Crippen LogP contribution in [0.25, 0.3) is 0 Å². The number of pyridine rings is 1. The Morgan fingerprint density at radius 2 is 2.32 bits per heavy atom. The van der Waals surface area contributed by atoms with Gasteiger partial charge in [0.25, 0.3) is 0 Å². The first-order valence-corrected chi connectivity index (χ1v) is 7.64. The Hall–Kier alpha value is -1.07. The first kappa shape index (κ1) is 16.0. The molecule has 0 radical (unpaired) electrons. The van der Waals surface area contributed by atoms with Gasteiger partial charge in [-0.15, -0.1) is 11.8 Å². The van der Waals surface area contributed by atoms with E-state index in [0.29, 0.717) is 24.6 Å². The van der Waals surface area contributed by atoms with Crippen molar-refractivity contribution in [2.75, 3.05) is 12.3 Å². The molecular weight excluding hydrogens is 260 g/mol. The molecule has 0 aliphatic carbocycles. The number of carbonyl (C=O) groups excluding carboxylic acids is 1. The van der Waals surface area contributed by atoms with Crippen LogP contribution in [0.5, 0.6) is 0 Å². The summed E-state index contributed by atoms with van der Waals surface area (Å²) in [6.07, 6.45) is 3.80. The van der Waals surface area contributed by atoms with Gasteiger partial charge in [-0.3, -0.25) is 9.78 Å². The fraction of sp³-hybridized carbons (Fsp3) is 0.571. The summed E-state index contributed by atoms with van der Waals surface area (Å²) in [5.74, 6) is 1.59. The lowest BCUT2D eigenvalue weighted by atomic mass is 10.1. The Morgan fingerprint density at radius 1 is 1.53 bits per heavy atom. The highest BCUT2D eigenvalue weighted by Gasteiger charge is 2.09. The van der Waals surface area contributed by atoms with E-state index in [9.17, 15) is 9.90 Å². The van der Waals surface area contributed by atoms with E-state index in [4.69, 9.17) is 0 Å². The van der Waals surface area contributed by atoms with Crippen molar-refractivity contribution >= 4 is 17.7 Å². The van der Waals surface area contributed by atoms with E-state index in [0.717, 1.165) is 11.3 Å². The topological polar surface area (TPSA) is 62.2 Å². The van der Waals surface area contributed by atoms with Crippen LogP contribution in [0.3, 0.4) is 0 Å². The van der Waals surface area contributed by atoms with Gasteiger partial charge >= 0.3 is 0 Å². The number of thioether (sulfide) groups is 1. The van der Waals surface area contributed by atoms with E-state index in [1.807, 2.05) is 12.1 Å². The first-order valence-electron chi connectivity index (χ1n) is 6.49. The summed E-state index contributed by atoms with van der Waals surface area (Å²) in [6, 6.07) is 3.88. The normalized spacial score (nSPS) is 12.4. The van der Waals surface area contributed by atoms with Gasteiger partial charge in [-0.2, -0.15) is 0 Å². The van der Waals surface area contributed by atoms with Crippen LogP contribution in [-0.4, -0.2) is 34.4 Å². The second-order valence-electron chi connectivity index (χ2n) is 4.94. The van der Waals surface area contributed by atoms with Gasteiger partial charge in [0, 0.05) is 24.7 Å². The molecule has 0 aliphatic rings. The van der Waals surface area contributed by atoms with Crippen molar-refractivity contribution in [3.05, 3.63) is 30.1 Å². The molecule has 0 bridgehead atoms. The molecule has 0 spiro atoms. The highest BCUT2D eigenvalue weighted by atomic mass is 32.2. The molecule has 0 fully saturated rings. The molecule has 5 heteroatoms. The molecule has 1 aromatic rings. The number of hydrogen-bond acceptors (Lipinski definition) is 4. The number of amides is 1. The zero-order valence-corrected chi connectivity index (χ0v) is 12.3. The average molecular weight is 282 g/mol. The van der Waals surface area contributed by atoms with Gasteiger partial charge in [0.15, 0.2) is 0 Å². The molecule has 0 saturated carbocycles. The van der Waals surface area contributed by atoms with Crippen molar-refractivity contribution in [2.24, 2.45) is 5.92 Å². The number of aliphatic hydroxyl groups excluding tert-OH is 1. The summed E-state index contributed by atoms with van der Waals surface area (Å²) in [4.78, 5) is 15.6. The standard InChI is InChI=1S/C14H22N2O2S/c1-11(2)6-13(17)8-16-14(18)10-19-9-12-4-3-5-15-7-12/h3-5,7,11,13,17H,6,8-10H2,1-2H3,(H,16,18). The predicted octanol–water partition coefficient (Wildman–Crippen LogP) is 1.84. The van der Waals surface area contributed by atoms with Crippen LogP contribution in [0.15, 0.2) is 24.5 Å². The van der Waals surface area contributed by atoms with Gasteiger partial charge < -0.3 is 10.4 Å².